The summed E-state index contributed by atoms with van der Waals surface area (Å²) in [5, 5.41) is 3.70. The molecule has 1 aliphatic carbocycles. The lowest BCUT2D eigenvalue weighted by Crippen LogP contribution is -2.56. The summed E-state index contributed by atoms with van der Waals surface area (Å²) in [6, 6.07) is 1.51. The van der Waals surface area contributed by atoms with E-state index in [1.165, 1.54) is 64.6 Å². The molecule has 1 saturated heterocycles. The van der Waals surface area contributed by atoms with Gasteiger partial charge in [0.15, 0.2) is 0 Å². The van der Waals surface area contributed by atoms with E-state index in [1.807, 2.05) is 0 Å². The Kier molecular flexibility index (Phi) is 6.15. The van der Waals surface area contributed by atoms with E-state index < -0.39 is 0 Å². The summed E-state index contributed by atoms with van der Waals surface area (Å²) >= 11 is 0. The molecule has 1 aliphatic heterocycles. The molecule has 2 fully saturated rings. The Labute approximate surface area is 120 Å². The molecule has 2 unspecified atom stereocenters. The summed E-state index contributed by atoms with van der Waals surface area (Å²) in [5.74, 6) is 2.01. The van der Waals surface area contributed by atoms with Crippen molar-refractivity contribution in [3.05, 3.63) is 0 Å². The average Bonchev–Trinajstić information content (AvgIpc) is 2.46. The monoisotopic (exact) mass is 266 g/mol. The molecular weight excluding hydrogens is 232 g/mol. The molecule has 112 valence electrons. The molecule has 1 N–H and O–H groups in total. The zero-order valence-electron chi connectivity index (χ0n) is 13.3. The van der Waals surface area contributed by atoms with Crippen LogP contribution in [0.15, 0.2) is 0 Å². The molecule has 19 heavy (non-hydrogen) atoms. The van der Waals surface area contributed by atoms with Gasteiger partial charge in [0.2, 0.25) is 0 Å². The molecular formula is C17H34N2. The predicted octanol–water partition coefficient (Wildman–Crippen LogP) is 3.67. The summed E-state index contributed by atoms with van der Waals surface area (Å²) in [6.45, 7) is 10.9. The molecule has 0 aromatic heterocycles. The van der Waals surface area contributed by atoms with Gasteiger partial charge in [0.05, 0.1) is 0 Å². The molecule has 0 amide bonds. The standard InChI is InChI=1S/C17H34N2/c1-4-16-13-19(17(5-2)12-18-16)11-10-15-8-6-14(3)7-9-15/h14-18H,4-13H2,1-3H3. The highest BCUT2D eigenvalue weighted by Crippen LogP contribution is 2.30. The topological polar surface area (TPSA) is 15.3 Å². The quantitative estimate of drug-likeness (QED) is 0.817. The molecule has 2 atom stereocenters. The first-order valence-corrected chi connectivity index (χ1v) is 8.70. The number of nitrogens with zero attached hydrogens (tertiary/aromatic N) is 1. The lowest BCUT2D eigenvalue weighted by atomic mass is 9.81. The van der Waals surface area contributed by atoms with Crippen LogP contribution in [-0.2, 0) is 0 Å². The lowest BCUT2D eigenvalue weighted by molar-refractivity contribution is 0.111. The fourth-order valence-electron chi connectivity index (χ4n) is 3.84. The van der Waals surface area contributed by atoms with Gasteiger partial charge in [-0.15, -0.1) is 0 Å². The van der Waals surface area contributed by atoms with E-state index in [2.05, 4.69) is 31.0 Å². The zero-order valence-corrected chi connectivity index (χ0v) is 13.3. The van der Waals surface area contributed by atoms with Crippen molar-refractivity contribution in [2.45, 2.75) is 77.8 Å². The second kappa shape index (κ2) is 7.64. The van der Waals surface area contributed by atoms with Crippen molar-refractivity contribution in [1.82, 2.24) is 10.2 Å². The number of hydrogen-bond donors (Lipinski definition) is 1. The highest BCUT2D eigenvalue weighted by Gasteiger charge is 2.26. The molecule has 1 saturated carbocycles. The Bertz CT molecular complexity index is 246. The van der Waals surface area contributed by atoms with E-state index in [9.17, 15) is 0 Å². The largest absolute Gasteiger partial charge is 0.311 e. The number of nitrogens with one attached hydrogen (secondary N) is 1. The molecule has 0 aromatic carbocycles. The van der Waals surface area contributed by atoms with Crippen molar-refractivity contribution >= 4 is 0 Å². The Morgan fingerprint density at radius 2 is 1.79 bits per heavy atom. The third-order valence-corrected chi connectivity index (χ3v) is 5.54. The van der Waals surface area contributed by atoms with Gasteiger partial charge < -0.3 is 5.32 Å². The smallest absolute Gasteiger partial charge is 0.0218 e. The maximum atomic E-state index is 3.70. The first-order chi connectivity index (χ1) is 9.22. The molecule has 0 spiro atoms. The first-order valence-electron chi connectivity index (χ1n) is 8.70. The summed E-state index contributed by atoms with van der Waals surface area (Å²) in [7, 11) is 0. The first kappa shape index (κ1) is 15.3. The highest BCUT2D eigenvalue weighted by molar-refractivity contribution is 4.85. The van der Waals surface area contributed by atoms with Crippen molar-refractivity contribution in [2.24, 2.45) is 11.8 Å². The van der Waals surface area contributed by atoms with Crippen molar-refractivity contribution in [3.8, 4) is 0 Å². The van der Waals surface area contributed by atoms with E-state index in [-0.39, 0.29) is 0 Å². The summed E-state index contributed by atoms with van der Waals surface area (Å²) in [6.07, 6.45) is 9.93. The zero-order chi connectivity index (χ0) is 13.7. The van der Waals surface area contributed by atoms with Crippen LogP contribution >= 0.6 is 0 Å². The van der Waals surface area contributed by atoms with Gasteiger partial charge in [-0.05, 0) is 37.6 Å². The van der Waals surface area contributed by atoms with Gasteiger partial charge >= 0.3 is 0 Å². The molecule has 2 heteroatoms. The van der Waals surface area contributed by atoms with Gasteiger partial charge in [-0.2, -0.15) is 0 Å². The third-order valence-electron chi connectivity index (χ3n) is 5.54. The van der Waals surface area contributed by atoms with Crippen LogP contribution in [-0.4, -0.2) is 36.6 Å². The van der Waals surface area contributed by atoms with Crippen LogP contribution in [0.4, 0.5) is 0 Å². The highest BCUT2D eigenvalue weighted by atomic mass is 15.2. The minimum absolute atomic E-state index is 0.731. The second-order valence-corrected chi connectivity index (χ2v) is 6.99. The van der Waals surface area contributed by atoms with Crippen molar-refractivity contribution in [3.63, 3.8) is 0 Å². The normalized spacial score (nSPS) is 37.4. The van der Waals surface area contributed by atoms with E-state index >= 15 is 0 Å². The van der Waals surface area contributed by atoms with Crippen molar-refractivity contribution in [1.29, 1.82) is 0 Å². The van der Waals surface area contributed by atoms with E-state index in [0.717, 1.165) is 23.9 Å². The molecule has 2 aliphatic rings. The van der Waals surface area contributed by atoms with Crippen LogP contribution in [0.5, 0.6) is 0 Å². The van der Waals surface area contributed by atoms with E-state index in [1.54, 1.807) is 0 Å². The number of hydrogen-bond acceptors (Lipinski definition) is 2. The van der Waals surface area contributed by atoms with Gasteiger partial charge in [0, 0.05) is 25.2 Å². The minimum atomic E-state index is 0.731. The Balaban J connectivity index is 1.75. The molecule has 0 aromatic rings. The second-order valence-electron chi connectivity index (χ2n) is 6.99. The maximum Gasteiger partial charge on any atom is 0.0218 e. The SMILES string of the molecule is CCC1CN(CCC2CCC(C)CC2)C(CC)CN1. The summed E-state index contributed by atoms with van der Waals surface area (Å²) in [5.41, 5.74) is 0. The van der Waals surface area contributed by atoms with Crippen LogP contribution in [0.3, 0.4) is 0 Å². The van der Waals surface area contributed by atoms with Gasteiger partial charge in [-0.25, -0.2) is 0 Å². The maximum absolute atomic E-state index is 3.70. The van der Waals surface area contributed by atoms with Crippen molar-refractivity contribution in [2.75, 3.05) is 19.6 Å². The van der Waals surface area contributed by atoms with Crippen LogP contribution in [0.2, 0.25) is 0 Å². The third kappa shape index (κ3) is 4.46. The predicted molar refractivity (Wildman–Crippen MR) is 83.5 cm³/mol. The van der Waals surface area contributed by atoms with Gasteiger partial charge in [0.1, 0.15) is 0 Å². The fraction of sp³-hybridized carbons (Fsp3) is 1.00. The molecule has 0 bridgehead atoms. The minimum Gasteiger partial charge on any atom is -0.311 e. The summed E-state index contributed by atoms with van der Waals surface area (Å²) in [4.78, 5) is 2.78. The van der Waals surface area contributed by atoms with Gasteiger partial charge in [-0.3, -0.25) is 4.90 Å². The Morgan fingerprint density at radius 3 is 2.42 bits per heavy atom. The van der Waals surface area contributed by atoms with E-state index in [4.69, 9.17) is 0 Å². The van der Waals surface area contributed by atoms with Crippen LogP contribution in [0.25, 0.3) is 0 Å². The van der Waals surface area contributed by atoms with Crippen LogP contribution in [0.1, 0.15) is 65.7 Å². The van der Waals surface area contributed by atoms with E-state index in [0.29, 0.717) is 0 Å². The van der Waals surface area contributed by atoms with Crippen LogP contribution < -0.4 is 5.32 Å². The number of rotatable bonds is 5. The van der Waals surface area contributed by atoms with Crippen LogP contribution in [0, 0.1) is 11.8 Å². The molecule has 2 nitrogen and oxygen atoms in total. The number of piperazine rings is 1. The van der Waals surface area contributed by atoms with Crippen molar-refractivity contribution < 1.29 is 0 Å². The molecule has 1 heterocycles. The average molecular weight is 266 g/mol. The Morgan fingerprint density at radius 1 is 1.05 bits per heavy atom. The molecule has 0 radical (unpaired) electrons. The summed E-state index contributed by atoms with van der Waals surface area (Å²) < 4.78 is 0. The lowest BCUT2D eigenvalue weighted by Gasteiger charge is -2.41. The Hall–Kier alpha value is -0.0800. The fourth-order valence-corrected chi connectivity index (χ4v) is 3.84. The molecule has 2 rings (SSSR count). The van der Waals surface area contributed by atoms with Gasteiger partial charge in [0.25, 0.3) is 0 Å². The van der Waals surface area contributed by atoms with Gasteiger partial charge in [-0.1, -0.05) is 46.5 Å².